The van der Waals surface area contributed by atoms with Crippen LogP contribution in [-0.2, 0) is 28.4 Å². The van der Waals surface area contributed by atoms with Crippen LogP contribution in [0.4, 0.5) is 0 Å². The lowest BCUT2D eigenvalue weighted by Crippen LogP contribution is -2.66. The lowest BCUT2D eigenvalue weighted by molar-refractivity contribution is -0.379. The summed E-state index contributed by atoms with van der Waals surface area (Å²) in [5.41, 5.74) is 12.5. The maximum atomic E-state index is 11.2. The number of hydrogen-bond acceptors (Lipinski definition) is 22. The van der Waals surface area contributed by atoms with Gasteiger partial charge >= 0.3 is 0 Å². The first-order chi connectivity index (χ1) is 45.6. The molecule has 3 saturated heterocycles. The van der Waals surface area contributed by atoms with Gasteiger partial charge in [0.2, 0.25) is 0 Å². The van der Waals surface area contributed by atoms with Crippen LogP contribution in [0, 0.1) is 0 Å². The number of phenolic OH excluding ortho intramolecular Hbond substituents is 3. The number of aliphatic hydroxyl groups excluding tert-OH is 10. The number of aliphatic hydroxyl groups is 10. The molecule has 3 aromatic heterocycles. The van der Waals surface area contributed by atoms with E-state index in [4.69, 9.17) is 43.1 Å². The van der Waals surface area contributed by atoms with Gasteiger partial charge in [-0.15, -0.1) is 0 Å². The molecule has 0 aliphatic carbocycles. The van der Waals surface area contributed by atoms with Crippen molar-refractivity contribution in [1.82, 2.24) is 19.9 Å². The summed E-state index contributed by atoms with van der Waals surface area (Å²) in [6.45, 7) is -1.69. The van der Waals surface area contributed by atoms with E-state index in [0.717, 1.165) is 98.7 Å². The number of aromatic hydroxyl groups is 3. The molecule has 3 fully saturated rings. The Morgan fingerprint density at radius 1 is 0.351 bits per heavy atom. The number of fused-ring (bicyclic) bond motifs is 8. The fourth-order valence-corrected chi connectivity index (χ4v) is 12.5. The predicted molar refractivity (Wildman–Crippen MR) is 344 cm³/mol. The van der Waals surface area contributed by atoms with Gasteiger partial charge < -0.3 is 110 Å². The molecule has 5 aliphatic rings. The number of ether oxygens (including phenoxy) is 7. The van der Waals surface area contributed by atoms with E-state index in [2.05, 4.69) is 9.97 Å². The number of nitrogens with zero attached hydrogens (tertiary/aromatic N) is 2. The van der Waals surface area contributed by atoms with E-state index in [9.17, 15) is 66.4 Å². The standard InChI is InChI=1S/C70H76N4O20/c75-33-52-59(81)60(82)63(85)69(90-52)93-67-54(35-77)92-70(65(87)62(67)84)94-66-53(34-76)91-68(64(86)61(66)83)89-32-6-4-2-1-3-5-31-88-43-21-13-39(14-22-43)58-50-29-27-48(73-50)56(37-9-17-41(79)18-10-37)46-25-23-44(71-46)55(36-7-15-40(78)16-8-36)45-24-26-47(72-45)57(49-28-30-51(58)74-49)38-11-19-42(80)20-12-38/h7-30,52-54,59-71,74-87H,1-6,31-35H2/t52-,53-,54-,59+,60+,61-,62-,63-,64-,65-,66-,67+,68-,69-,70+/m1/s1. The molecule has 8 heterocycles. The molecule has 15 atom stereocenters. The highest BCUT2D eigenvalue weighted by Crippen LogP contribution is 2.41. The fraction of sp³-hybridized carbons (Fsp3) is 0.371. The highest BCUT2D eigenvalue weighted by molar-refractivity contribution is 6.00. The normalized spacial score (nSPS) is 26.8. The minimum Gasteiger partial charge on any atom is -0.508 e. The predicted octanol–water partition coefficient (Wildman–Crippen LogP) is 5.62. The number of aromatic nitrogens is 4. The van der Waals surface area contributed by atoms with E-state index in [1.807, 2.05) is 109 Å². The van der Waals surface area contributed by atoms with Crippen LogP contribution in [0.3, 0.4) is 0 Å². The molecule has 4 aromatic carbocycles. The summed E-state index contributed by atoms with van der Waals surface area (Å²) >= 11 is 0. The molecule has 0 unspecified atom stereocenters. The van der Waals surface area contributed by atoms with Crippen LogP contribution >= 0.6 is 0 Å². The zero-order chi connectivity index (χ0) is 65.7. The van der Waals surface area contributed by atoms with Crippen molar-refractivity contribution in [2.75, 3.05) is 33.0 Å². The molecule has 7 aromatic rings. The third-order valence-corrected chi connectivity index (χ3v) is 17.5. The Balaban J connectivity index is 0.680. The smallest absolute Gasteiger partial charge is 0.187 e. The zero-order valence-electron chi connectivity index (χ0n) is 50.9. The van der Waals surface area contributed by atoms with Crippen LogP contribution in [0.15, 0.2) is 121 Å². The van der Waals surface area contributed by atoms with Gasteiger partial charge in [0.05, 0.1) is 49.2 Å². The summed E-state index contributed by atoms with van der Waals surface area (Å²) in [5.74, 6) is 1.08. The number of aromatic amines is 2. The summed E-state index contributed by atoms with van der Waals surface area (Å²) in [7, 11) is 0. The van der Waals surface area contributed by atoms with E-state index in [1.54, 1.807) is 36.4 Å². The number of hydrogen-bond donors (Lipinski definition) is 15. The van der Waals surface area contributed by atoms with Crippen LogP contribution in [0.2, 0.25) is 0 Å². The van der Waals surface area contributed by atoms with Crippen molar-refractivity contribution >= 4 is 46.4 Å². The average molecular weight is 1290 g/mol. The summed E-state index contributed by atoms with van der Waals surface area (Å²) in [5, 5.41) is 136. The number of rotatable bonds is 22. The molecule has 94 heavy (non-hydrogen) atoms. The van der Waals surface area contributed by atoms with Crippen molar-refractivity contribution in [2.24, 2.45) is 0 Å². The van der Waals surface area contributed by atoms with Gasteiger partial charge in [-0.3, -0.25) is 0 Å². The third kappa shape index (κ3) is 14.1. The molecule has 0 radical (unpaired) electrons. The lowest BCUT2D eigenvalue weighted by atomic mass is 9.96. The Bertz CT molecular complexity index is 3910. The maximum absolute atomic E-state index is 11.2. The third-order valence-electron chi connectivity index (χ3n) is 17.5. The number of H-pyrrole nitrogens is 2. The molecule has 12 rings (SSSR count). The molecule has 15 N–H and O–H groups in total. The Morgan fingerprint density at radius 2 is 0.681 bits per heavy atom. The van der Waals surface area contributed by atoms with Gasteiger partial charge in [0.15, 0.2) is 18.9 Å². The first-order valence-electron chi connectivity index (χ1n) is 31.3. The molecule has 8 bridgehead atoms. The second kappa shape index (κ2) is 29.4. The molecule has 5 aliphatic heterocycles. The minimum atomic E-state index is -1.94. The highest BCUT2D eigenvalue weighted by atomic mass is 16.8. The first-order valence-corrected chi connectivity index (χ1v) is 31.3. The van der Waals surface area contributed by atoms with Crippen LogP contribution in [-0.4, -0.2) is 211 Å². The van der Waals surface area contributed by atoms with E-state index in [-0.39, 0.29) is 23.9 Å². The largest absolute Gasteiger partial charge is 0.508 e. The second-order valence-corrected chi connectivity index (χ2v) is 23.8. The van der Waals surface area contributed by atoms with E-state index >= 15 is 0 Å². The van der Waals surface area contributed by atoms with Gasteiger partial charge in [0.25, 0.3) is 0 Å². The molecule has 24 nitrogen and oxygen atoms in total. The van der Waals surface area contributed by atoms with Gasteiger partial charge in [0.1, 0.15) is 96.2 Å². The topological polar surface area (TPSA) is 385 Å². The molecular weight excluding hydrogens is 1220 g/mol. The van der Waals surface area contributed by atoms with E-state index < -0.39 is 112 Å². The first kappa shape index (κ1) is 66.1. The van der Waals surface area contributed by atoms with Gasteiger partial charge in [0, 0.05) is 50.9 Å². The van der Waals surface area contributed by atoms with E-state index in [1.165, 1.54) is 0 Å². The van der Waals surface area contributed by atoms with Crippen LogP contribution in [0.25, 0.3) is 90.9 Å². The zero-order valence-corrected chi connectivity index (χ0v) is 50.9. The van der Waals surface area contributed by atoms with Gasteiger partial charge in [-0.1, -0.05) is 74.2 Å². The minimum absolute atomic E-state index is 0.129. The van der Waals surface area contributed by atoms with Crippen molar-refractivity contribution in [3.05, 3.63) is 144 Å². The van der Waals surface area contributed by atoms with Gasteiger partial charge in [-0.2, -0.15) is 0 Å². The second-order valence-electron chi connectivity index (χ2n) is 23.8. The quantitative estimate of drug-likeness (QED) is 0.0366. The van der Waals surface area contributed by atoms with Crippen molar-refractivity contribution in [1.29, 1.82) is 0 Å². The maximum Gasteiger partial charge on any atom is 0.187 e. The number of unbranched alkanes of at least 4 members (excludes halogenated alkanes) is 5. The number of nitrogens with one attached hydrogen (secondary N) is 2. The fourth-order valence-electron chi connectivity index (χ4n) is 12.5. The summed E-state index contributed by atoms with van der Waals surface area (Å²) in [6.07, 6.45) is -12.0. The van der Waals surface area contributed by atoms with Crippen LogP contribution in [0.5, 0.6) is 23.0 Å². The van der Waals surface area contributed by atoms with Crippen molar-refractivity contribution in [3.63, 3.8) is 0 Å². The van der Waals surface area contributed by atoms with Crippen LogP contribution < -0.4 is 4.74 Å². The van der Waals surface area contributed by atoms with Crippen molar-refractivity contribution < 1.29 is 99.5 Å². The highest BCUT2D eigenvalue weighted by Gasteiger charge is 2.53. The molecule has 24 heteroatoms. The molecule has 0 amide bonds. The Morgan fingerprint density at radius 3 is 1.07 bits per heavy atom. The Kier molecular flexibility index (Phi) is 20.6. The number of benzene rings is 4. The Labute approximate surface area is 539 Å². The van der Waals surface area contributed by atoms with Crippen molar-refractivity contribution in [3.8, 4) is 67.5 Å². The molecule has 496 valence electrons. The molecular formula is C70H76N4O20. The molecule has 0 saturated carbocycles. The Hall–Kier alpha value is -7.96. The lowest BCUT2D eigenvalue weighted by Gasteiger charge is -2.48. The monoisotopic (exact) mass is 1290 g/mol. The van der Waals surface area contributed by atoms with E-state index in [0.29, 0.717) is 41.6 Å². The number of phenols is 3. The molecule has 0 spiro atoms. The summed E-state index contributed by atoms with van der Waals surface area (Å²) in [4.78, 5) is 18.1. The summed E-state index contributed by atoms with van der Waals surface area (Å²) in [6, 6.07) is 37.0. The average Bonchev–Trinajstić information content (AvgIpc) is 1.49. The summed E-state index contributed by atoms with van der Waals surface area (Å²) < 4.78 is 40.3. The van der Waals surface area contributed by atoms with Crippen molar-refractivity contribution in [2.45, 2.75) is 131 Å². The SMILES string of the molecule is OC[C@H]1O[C@H](O[C@@H]2[C@H](O)[C@@H](O)[C@H](O[C@H]3[C@H](O)[C@@H](O)[C@H](OCCCCCCCCOc4ccc(-c5c6nc(c(-c7ccc(O)cc7)c7ccc([nH]7)c(-c7ccc(O)cc7)c7nc(c(-c8ccc(O)cc8)c8ccc5[nH]8)C=C7)C=C6)cc4)O[C@@H]3CO)O[C@@H]2CO)[C@H](O)[C@@H](O)[C@H]1O. The van der Waals surface area contributed by atoms with Gasteiger partial charge in [-0.05, 0) is 132 Å². The van der Waals surface area contributed by atoms with Crippen LogP contribution in [0.1, 0.15) is 61.3 Å². The van der Waals surface area contributed by atoms with Gasteiger partial charge in [-0.25, -0.2) is 9.97 Å².